The van der Waals surface area contributed by atoms with Crippen molar-refractivity contribution in [1.82, 2.24) is 0 Å². The first-order valence-electron chi connectivity index (χ1n) is 4.61. The van der Waals surface area contributed by atoms with Crippen LogP contribution in [-0.2, 0) is 9.53 Å². The van der Waals surface area contributed by atoms with Crippen molar-refractivity contribution >= 4 is 5.97 Å². The summed E-state index contributed by atoms with van der Waals surface area (Å²) in [7, 11) is 0. The van der Waals surface area contributed by atoms with Gasteiger partial charge in [-0.15, -0.1) is 0 Å². The predicted molar refractivity (Wildman–Crippen MR) is 48.2 cm³/mol. The van der Waals surface area contributed by atoms with E-state index in [1.807, 2.05) is 0 Å². The third kappa shape index (κ3) is 9.30. The number of hydrogen-bond donors (Lipinski definition) is 2. The maximum atomic E-state index is 10.9. The highest BCUT2D eigenvalue weighted by Gasteiger charge is 2.06. The van der Waals surface area contributed by atoms with Crippen LogP contribution < -0.4 is 0 Å². The Morgan fingerprint density at radius 3 is 2.62 bits per heavy atom. The van der Waals surface area contributed by atoms with E-state index in [0.29, 0.717) is 6.61 Å². The Morgan fingerprint density at radius 1 is 1.38 bits per heavy atom. The largest absolute Gasteiger partial charge is 0.466 e. The van der Waals surface area contributed by atoms with Gasteiger partial charge >= 0.3 is 5.97 Å². The minimum Gasteiger partial charge on any atom is -0.466 e. The molecule has 2 N–H and O–H groups in total. The van der Waals surface area contributed by atoms with Gasteiger partial charge in [-0.2, -0.15) is 0 Å². The van der Waals surface area contributed by atoms with Gasteiger partial charge < -0.3 is 14.9 Å². The van der Waals surface area contributed by atoms with Gasteiger partial charge in [0.05, 0.1) is 19.1 Å². The molecule has 0 saturated carbocycles. The Hall–Kier alpha value is -0.610. The zero-order valence-corrected chi connectivity index (χ0v) is 8.03. The maximum absolute atomic E-state index is 10.9. The second-order valence-corrected chi connectivity index (χ2v) is 3.06. The molecular formula is C9H18O4. The number of carbonyl (C=O) groups is 1. The van der Waals surface area contributed by atoms with Gasteiger partial charge in [-0.05, 0) is 26.2 Å². The van der Waals surface area contributed by atoms with Crippen molar-refractivity contribution in [1.29, 1.82) is 0 Å². The molecule has 0 heterocycles. The first kappa shape index (κ1) is 12.4. The molecule has 0 aromatic heterocycles. The highest BCUT2D eigenvalue weighted by molar-refractivity contribution is 5.69. The van der Waals surface area contributed by atoms with E-state index in [4.69, 9.17) is 14.9 Å². The molecule has 0 saturated heterocycles. The summed E-state index contributed by atoms with van der Waals surface area (Å²) in [6.07, 6.45) is 1.79. The third-order valence-corrected chi connectivity index (χ3v) is 1.53. The van der Waals surface area contributed by atoms with Crippen LogP contribution >= 0.6 is 0 Å². The minimum absolute atomic E-state index is 0.0556. The SMILES string of the molecule is CC(O)CC(=O)OCCCCCO. The summed E-state index contributed by atoms with van der Waals surface area (Å²) in [6.45, 7) is 2.11. The Balaban J connectivity index is 3.17. The van der Waals surface area contributed by atoms with Crippen molar-refractivity contribution in [2.24, 2.45) is 0 Å². The minimum atomic E-state index is -0.634. The van der Waals surface area contributed by atoms with E-state index >= 15 is 0 Å². The van der Waals surface area contributed by atoms with Crippen LogP contribution in [0.15, 0.2) is 0 Å². The normalized spacial score (nSPS) is 12.5. The van der Waals surface area contributed by atoms with E-state index in [1.165, 1.54) is 0 Å². The molecule has 78 valence electrons. The van der Waals surface area contributed by atoms with Gasteiger partial charge in [0.1, 0.15) is 0 Å². The van der Waals surface area contributed by atoms with Crippen LogP contribution in [0.25, 0.3) is 0 Å². The van der Waals surface area contributed by atoms with Crippen LogP contribution in [0, 0.1) is 0 Å². The van der Waals surface area contributed by atoms with Crippen LogP contribution in [0.2, 0.25) is 0 Å². The molecule has 1 unspecified atom stereocenters. The zero-order valence-electron chi connectivity index (χ0n) is 8.03. The fourth-order valence-electron chi connectivity index (χ4n) is 0.877. The van der Waals surface area contributed by atoms with Crippen LogP contribution in [0.3, 0.4) is 0 Å². The van der Waals surface area contributed by atoms with Crippen LogP contribution in [0.4, 0.5) is 0 Å². The molecular weight excluding hydrogens is 172 g/mol. The quantitative estimate of drug-likeness (QED) is 0.452. The van der Waals surface area contributed by atoms with Crippen LogP contribution in [0.1, 0.15) is 32.6 Å². The summed E-state index contributed by atoms with van der Waals surface area (Å²) < 4.78 is 4.82. The third-order valence-electron chi connectivity index (χ3n) is 1.53. The van der Waals surface area contributed by atoms with E-state index < -0.39 is 6.10 Å². The van der Waals surface area contributed by atoms with Gasteiger partial charge in [0.15, 0.2) is 0 Å². The Labute approximate surface area is 78.5 Å². The smallest absolute Gasteiger partial charge is 0.308 e. The van der Waals surface area contributed by atoms with E-state index in [-0.39, 0.29) is 19.0 Å². The fourth-order valence-corrected chi connectivity index (χ4v) is 0.877. The Kier molecular flexibility index (Phi) is 7.63. The average Bonchev–Trinajstić information content (AvgIpc) is 2.02. The molecule has 1 atom stereocenters. The number of rotatable bonds is 7. The lowest BCUT2D eigenvalue weighted by molar-refractivity contribution is -0.145. The standard InChI is InChI=1S/C9H18O4/c1-8(11)7-9(12)13-6-4-2-3-5-10/h8,10-11H,2-7H2,1H3. The molecule has 0 aliphatic carbocycles. The van der Waals surface area contributed by atoms with E-state index in [1.54, 1.807) is 6.92 Å². The van der Waals surface area contributed by atoms with Crippen molar-refractivity contribution in [3.05, 3.63) is 0 Å². The lowest BCUT2D eigenvalue weighted by Gasteiger charge is -2.05. The molecule has 0 bridgehead atoms. The van der Waals surface area contributed by atoms with Gasteiger partial charge in [-0.1, -0.05) is 0 Å². The molecule has 0 aromatic carbocycles. The zero-order chi connectivity index (χ0) is 10.1. The highest BCUT2D eigenvalue weighted by atomic mass is 16.5. The Bertz CT molecular complexity index is 134. The fraction of sp³-hybridized carbons (Fsp3) is 0.889. The van der Waals surface area contributed by atoms with E-state index in [2.05, 4.69) is 0 Å². The number of esters is 1. The number of aliphatic hydroxyl groups excluding tert-OH is 2. The van der Waals surface area contributed by atoms with Crippen molar-refractivity contribution in [2.45, 2.75) is 38.7 Å². The molecule has 0 radical (unpaired) electrons. The highest BCUT2D eigenvalue weighted by Crippen LogP contribution is 1.97. The number of aliphatic hydroxyl groups is 2. The summed E-state index contributed by atoms with van der Waals surface area (Å²) in [5.74, 6) is -0.362. The van der Waals surface area contributed by atoms with E-state index in [0.717, 1.165) is 19.3 Å². The molecule has 4 nitrogen and oxygen atoms in total. The van der Waals surface area contributed by atoms with E-state index in [9.17, 15) is 4.79 Å². The second-order valence-electron chi connectivity index (χ2n) is 3.06. The second kappa shape index (κ2) is 8.01. The lowest BCUT2D eigenvalue weighted by Crippen LogP contribution is -2.13. The lowest BCUT2D eigenvalue weighted by atomic mass is 10.2. The van der Waals surface area contributed by atoms with Crippen LogP contribution in [0.5, 0.6) is 0 Å². The molecule has 13 heavy (non-hydrogen) atoms. The summed E-state index contributed by atoms with van der Waals surface area (Å²) in [5, 5.41) is 17.3. The average molecular weight is 190 g/mol. The molecule has 0 spiro atoms. The summed E-state index contributed by atoms with van der Waals surface area (Å²) in [6, 6.07) is 0. The summed E-state index contributed by atoms with van der Waals surface area (Å²) in [5.41, 5.74) is 0. The monoisotopic (exact) mass is 190 g/mol. The first-order valence-corrected chi connectivity index (χ1v) is 4.61. The summed E-state index contributed by atoms with van der Waals surface area (Å²) in [4.78, 5) is 10.9. The molecule has 0 aliphatic heterocycles. The topological polar surface area (TPSA) is 66.8 Å². The molecule has 4 heteroatoms. The van der Waals surface area contributed by atoms with Gasteiger partial charge in [0, 0.05) is 6.61 Å². The van der Waals surface area contributed by atoms with Crippen molar-refractivity contribution in [3.63, 3.8) is 0 Å². The number of carbonyl (C=O) groups excluding carboxylic acids is 1. The number of ether oxygens (including phenoxy) is 1. The van der Waals surface area contributed by atoms with Crippen molar-refractivity contribution in [2.75, 3.05) is 13.2 Å². The number of hydrogen-bond acceptors (Lipinski definition) is 4. The van der Waals surface area contributed by atoms with Gasteiger partial charge in [-0.3, -0.25) is 4.79 Å². The molecule has 0 amide bonds. The van der Waals surface area contributed by atoms with Gasteiger partial charge in [0.25, 0.3) is 0 Å². The summed E-state index contributed by atoms with van der Waals surface area (Å²) >= 11 is 0. The first-order chi connectivity index (χ1) is 6.16. The molecule has 0 aliphatic rings. The van der Waals surface area contributed by atoms with Gasteiger partial charge in [0.2, 0.25) is 0 Å². The maximum Gasteiger partial charge on any atom is 0.308 e. The van der Waals surface area contributed by atoms with Crippen LogP contribution in [-0.4, -0.2) is 35.5 Å². The van der Waals surface area contributed by atoms with Gasteiger partial charge in [-0.25, -0.2) is 0 Å². The van der Waals surface area contributed by atoms with Crippen molar-refractivity contribution in [3.8, 4) is 0 Å². The molecule has 0 rings (SSSR count). The Morgan fingerprint density at radius 2 is 2.08 bits per heavy atom. The number of unbranched alkanes of at least 4 members (excludes halogenated alkanes) is 2. The molecule has 0 fully saturated rings. The van der Waals surface area contributed by atoms with Crippen molar-refractivity contribution < 1.29 is 19.7 Å². The molecule has 0 aromatic rings. The predicted octanol–water partition coefficient (Wildman–Crippen LogP) is 0.463.